The molecule has 2 aromatic carbocycles. The molecule has 0 amide bonds. The molecule has 4 heteroatoms. The zero-order chi connectivity index (χ0) is 16.5. The highest BCUT2D eigenvalue weighted by Gasteiger charge is 2.14. The lowest BCUT2D eigenvalue weighted by Crippen LogP contribution is -2.37. The van der Waals surface area contributed by atoms with Gasteiger partial charge in [-0.1, -0.05) is 18.2 Å². The number of Topliss-reactive ketones (excluding diaryl/α,β-unsaturated/α-hetero) is 1. The molecule has 2 heterocycles. The average Bonchev–Trinajstić information content (AvgIpc) is 2.99. The van der Waals surface area contributed by atoms with E-state index in [0.29, 0.717) is 12.1 Å². The highest BCUT2D eigenvalue weighted by molar-refractivity contribution is 6.06. The topological polar surface area (TPSA) is 46.0 Å². The number of H-pyrrole nitrogens is 1. The van der Waals surface area contributed by atoms with Crippen molar-refractivity contribution < 1.29 is 14.1 Å². The van der Waals surface area contributed by atoms with Crippen LogP contribution in [0, 0.1) is 0 Å². The van der Waals surface area contributed by atoms with Crippen LogP contribution < -0.4 is 9.30 Å². The number of nitrogens with one attached hydrogen (secondary N) is 1. The molecule has 0 saturated carbocycles. The smallest absolute Gasteiger partial charge is 0.227 e. The van der Waals surface area contributed by atoms with Crippen molar-refractivity contribution in [1.29, 1.82) is 0 Å². The fraction of sp³-hybridized carbons (Fsp3) is 0.100. The van der Waals surface area contributed by atoms with Gasteiger partial charge in [-0.05, 0) is 30.3 Å². The summed E-state index contributed by atoms with van der Waals surface area (Å²) in [5.74, 6) is 0.816. The van der Waals surface area contributed by atoms with Gasteiger partial charge >= 0.3 is 0 Å². The third-order valence-electron chi connectivity index (χ3n) is 4.24. The lowest BCUT2D eigenvalue weighted by atomic mass is 10.1. The molecule has 0 saturated heterocycles. The Bertz CT molecular complexity index is 1030. The molecular formula is C20H17N2O2+. The van der Waals surface area contributed by atoms with Gasteiger partial charge in [0.25, 0.3) is 0 Å². The van der Waals surface area contributed by atoms with E-state index in [9.17, 15) is 4.79 Å². The number of para-hydroxylation sites is 1. The number of pyridine rings is 1. The zero-order valence-corrected chi connectivity index (χ0v) is 13.3. The average molecular weight is 317 g/mol. The molecule has 0 aliphatic rings. The molecule has 2 aromatic heterocycles. The van der Waals surface area contributed by atoms with Gasteiger partial charge in [0.1, 0.15) is 11.3 Å². The minimum Gasteiger partial charge on any atom is -0.497 e. The lowest BCUT2D eigenvalue weighted by Gasteiger charge is -2.01. The summed E-state index contributed by atoms with van der Waals surface area (Å²) >= 11 is 0. The Kier molecular flexibility index (Phi) is 3.50. The van der Waals surface area contributed by atoms with E-state index in [4.69, 9.17) is 4.74 Å². The number of carbonyl (C=O) groups is 1. The molecule has 24 heavy (non-hydrogen) atoms. The predicted molar refractivity (Wildman–Crippen MR) is 93.3 cm³/mol. The summed E-state index contributed by atoms with van der Waals surface area (Å²) in [5.41, 5.74) is 2.81. The van der Waals surface area contributed by atoms with E-state index < -0.39 is 0 Å². The SMILES string of the molecule is COc1ccc(C(=O)C[n+]2ccc3c(c2)[nH]c2ccccc23)cc1. The van der Waals surface area contributed by atoms with Crippen LogP contribution in [0.3, 0.4) is 0 Å². The van der Waals surface area contributed by atoms with Crippen LogP contribution in [-0.4, -0.2) is 17.9 Å². The molecule has 4 rings (SSSR count). The number of aromatic nitrogens is 2. The first-order valence-corrected chi connectivity index (χ1v) is 7.81. The Balaban J connectivity index is 1.63. The van der Waals surface area contributed by atoms with Crippen LogP contribution in [0.2, 0.25) is 0 Å². The Morgan fingerprint density at radius 1 is 1.00 bits per heavy atom. The van der Waals surface area contributed by atoms with Crippen LogP contribution in [0.5, 0.6) is 5.75 Å². The number of hydrogen-bond donors (Lipinski definition) is 1. The molecule has 0 fully saturated rings. The molecule has 0 aliphatic heterocycles. The third-order valence-corrected chi connectivity index (χ3v) is 4.24. The monoisotopic (exact) mass is 317 g/mol. The second-order valence-electron chi connectivity index (χ2n) is 5.77. The number of rotatable bonds is 4. The molecule has 4 nitrogen and oxygen atoms in total. The van der Waals surface area contributed by atoms with E-state index in [2.05, 4.69) is 23.2 Å². The van der Waals surface area contributed by atoms with Gasteiger partial charge in [-0.25, -0.2) is 0 Å². The number of ketones is 1. The Labute approximate surface area is 139 Å². The van der Waals surface area contributed by atoms with Crippen LogP contribution in [0.25, 0.3) is 21.8 Å². The number of carbonyl (C=O) groups excluding carboxylic acids is 1. The maximum atomic E-state index is 12.5. The molecule has 4 aromatic rings. The number of benzene rings is 2. The van der Waals surface area contributed by atoms with Crippen LogP contribution >= 0.6 is 0 Å². The number of methoxy groups -OCH3 is 1. The number of ether oxygens (including phenoxy) is 1. The van der Waals surface area contributed by atoms with E-state index in [-0.39, 0.29) is 5.78 Å². The minimum absolute atomic E-state index is 0.0677. The molecule has 0 spiro atoms. The molecule has 118 valence electrons. The van der Waals surface area contributed by atoms with Crippen molar-refractivity contribution in [3.05, 3.63) is 72.6 Å². The standard InChI is InChI=1S/C20H16N2O2/c1-24-15-8-6-14(7-9-15)20(23)13-22-11-10-17-16-4-2-3-5-18(16)21-19(17)12-22/h2-12H,13H2,1H3/p+1. The van der Waals surface area contributed by atoms with Crippen molar-refractivity contribution in [2.75, 3.05) is 7.11 Å². The van der Waals surface area contributed by atoms with Gasteiger partial charge in [-0.2, -0.15) is 4.57 Å². The van der Waals surface area contributed by atoms with Crippen molar-refractivity contribution in [3.8, 4) is 5.75 Å². The van der Waals surface area contributed by atoms with E-state index in [1.165, 1.54) is 10.8 Å². The first-order chi connectivity index (χ1) is 11.7. The third kappa shape index (κ3) is 2.52. The van der Waals surface area contributed by atoms with Gasteiger partial charge in [0, 0.05) is 27.9 Å². The van der Waals surface area contributed by atoms with E-state index in [0.717, 1.165) is 16.8 Å². The van der Waals surface area contributed by atoms with Crippen molar-refractivity contribution in [3.63, 3.8) is 0 Å². The van der Waals surface area contributed by atoms with Crippen LogP contribution in [0.1, 0.15) is 10.4 Å². The van der Waals surface area contributed by atoms with Gasteiger partial charge in [-0.3, -0.25) is 4.79 Å². The van der Waals surface area contributed by atoms with Crippen molar-refractivity contribution in [2.24, 2.45) is 0 Å². The Hall–Kier alpha value is -3.14. The minimum atomic E-state index is 0.0677. The molecule has 0 aliphatic carbocycles. The van der Waals surface area contributed by atoms with Gasteiger partial charge < -0.3 is 9.72 Å². The molecular weight excluding hydrogens is 300 g/mol. The Morgan fingerprint density at radius 3 is 2.54 bits per heavy atom. The first kappa shape index (κ1) is 14.5. The summed E-state index contributed by atoms with van der Waals surface area (Å²) in [6.45, 7) is 0.303. The highest BCUT2D eigenvalue weighted by atomic mass is 16.5. The lowest BCUT2D eigenvalue weighted by molar-refractivity contribution is -0.681. The van der Waals surface area contributed by atoms with Crippen molar-refractivity contribution >= 4 is 27.6 Å². The second kappa shape index (κ2) is 5.81. The maximum absolute atomic E-state index is 12.5. The summed E-state index contributed by atoms with van der Waals surface area (Å²) in [5, 5.41) is 2.36. The van der Waals surface area contributed by atoms with Crippen LogP contribution in [0.4, 0.5) is 0 Å². The number of fused-ring (bicyclic) bond motifs is 3. The molecule has 0 atom stereocenters. The summed E-state index contributed by atoms with van der Waals surface area (Å²) in [6.07, 6.45) is 3.93. The van der Waals surface area contributed by atoms with Crippen molar-refractivity contribution in [1.82, 2.24) is 4.98 Å². The zero-order valence-electron chi connectivity index (χ0n) is 13.3. The summed E-state index contributed by atoms with van der Waals surface area (Å²) in [7, 11) is 1.61. The molecule has 0 bridgehead atoms. The van der Waals surface area contributed by atoms with Crippen LogP contribution in [0.15, 0.2) is 67.0 Å². The van der Waals surface area contributed by atoms with Crippen LogP contribution in [-0.2, 0) is 6.54 Å². The van der Waals surface area contributed by atoms with Gasteiger partial charge in [0.15, 0.2) is 12.4 Å². The fourth-order valence-electron chi connectivity index (χ4n) is 2.98. The summed E-state index contributed by atoms with van der Waals surface area (Å²) in [4.78, 5) is 15.8. The number of aromatic amines is 1. The van der Waals surface area contributed by atoms with E-state index >= 15 is 0 Å². The highest BCUT2D eigenvalue weighted by Crippen LogP contribution is 2.23. The van der Waals surface area contributed by atoms with Gasteiger partial charge in [0.05, 0.1) is 7.11 Å². The number of nitrogens with zero attached hydrogens (tertiary/aromatic N) is 1. The van der Waals surface area contributed by atoms with Crippen molar-refractivity contribution in [2.45, 2.75) is 6.54 Å². The van der Waals surface area contributed by atoms with E-state index in [1.54, 1.807) is 31.4 Å². The molecule has 0 radical (unpaired) electrons. The van der Waals surface area contributed by atoms with E-state index in [1.807, 2.05) is 29.1 Å². The second-order valence-corrected chi connectivity index (χ2v) is 5.77. The molecule has 0 unspecified atom stereocenters. The summed E-state index contributed by atoms with van der Waals surface area (Å²) < 4.78 is 7.03. The largest absolute Gasteiger partial charge is 0.497 e. The normalized spacial score (nSPS) is 11.0. The fourth-order valence-corrected chi connectivity index (χ4v) is 2.98. The number of hydrogen-bond acceptors (Lipinski definition) is 2. The Morgan fingerprint density at radius 2 is 1.75 bits per heavy atom. The predicted octanol–water partition coefficient (Wildman–Crippen LogP) is 3.50. The summed E-state index contributed by atoms with van der Waals surface area (Å²) in [6, 6.07) is 17.4. The quantitative estimate of drug-likeness (QED) is 0.462. The molecule has 1 N–H and O–H groups in total. The van der Waals surface area contributed by atoms with Gasteiger partial charge in [-0.15, -0.1) is 0 Å². The van der Waals surface area contributed by atoms with Gasteiger partial charge in [0.2, 0.25) is 12.3 Å². The maximum Gasteiger partial charge on any atom is 0.227 e. The first-order valence-electron chi connectivity index (χ1n) is 7.81.